The fourth-order valence-corrected chi connectivity index (χ4v) is 4.29. The summed E-state index contributed by atoms with van der Waals surface area (Å²) < 4.78 is 5.46. The van der Waals surface area contributed by atoms with E-state index in [1.54, 1.807) is 13.8 Å². The number of ether oxygens (including phenoxy) is 1. The first kappa shape index (κ1) is 23.0. The van der Waals surface area contributed by atoms with Crippen LogP contribution in [0.1, 0.15) is 47.9 Å². The van der Waals surface area contributed by atoms with Crippen molar-refractivity contribution in [3.63, 3.8) is 0 Å². The van der Waals surface area contributed by atoms with Gasteiger partial charge in [0, 0.05) is 18.5 Å². The van der Waals surface area contributed by atoms with Crippen LogP contribution in [0.5, 0.6) is 0 Å². The maximum absolute atomic E-state index is 12.7. The minimum absolute atomic E-state index is 0.0868. The Morgan fingerprint density at radius 3 is 2.32 bits per heavy atom. The quantitative estimate of drug-likeness (QED) is 0.465. The Morgan fingerprint density at radius 2 is 1.74 bits per heavy atom. The number of carboxylic acids is 1. The lowest BCUT2D eigenvalue weighted by molar-refractivity contribution is -0.138. The number of carboxylic acid groups (broad SMARTS) is 1. The molecule has 10 heteroatoms. The first-order valence-corrected chi connectivity index (χ1v) is 11.0. The minimum atomic E-state index is -1.01. The Hall–Kier alpha value is -4.21. The number of benzene rings is 2. The standard InChI is InChI=1S/C24H25N5O5/c1-3-29(14(2)12-20(30)31)22(32)21-25-23(28-27-21)26-24(33)34-13-19-17-10-6-4-8-15(17)16-9-5-7-11-18(16)19/h4-11,14,19H,3,12-13H2,1-2H3,(H,30,31)(H2,25,26,27,28,33). The third-order valence-electron chi connectivity index (χ3n) is 5.85. The second kappa shape index (κ2) is 9.74. The summed E-state index contributed by atoms with van der Waals surface area (Å²) in [6.07, 6.45) is -0.940. The van der Waals surface area contributed by atoms with Gasteiger partial charge in [0.1, 0.15) is 6.61 Å². The highest BCUT2D eigenvalue weighted by Gasteiger charge is 2.29. The van der Waals surface area contributed by atoms with Crippen molar-refractivity contribution in [2.24, 2.45) is 0 Å². The molecule has 1 heterocycles. The summed E-state index contributed by atoms with van der Waals surface area (Å²) in [5.74, 6) is -1.81. The van der Waals surface area contributed by atoms with Gasteiger partial charge in [-0.05, 0) is 36.1 Å². The van der Waals surface area contributed by atoms with Crippen LogP contribution in [0.25, 0.3) is 11.1 Å². The fraction of sp³-hybridized carbons (Fsp3) is 0.292. The zero-order valence-electron chi connectivity index (χ0n) is 18.8. The van der Waals surface area contributed by atoms with Crippen LogP contribution in [-0.4, -0.2) is 62.4 Å². The number of aliphatic carboxylic acids is 1. The number of aromatic nitrogens is 3. The Kier molecular flexibility index (Phi) is 6.58. The van der Waals surface area contributed by atoms with Crippen molar-refractivity contribution in [1.29, 1.82) is 0 Å². The largest absolute Gasteiger partial charge is 0.481 e. The van der Waals surface area contributed by atoms with E-state index >= 15 is 0 Å². The van der Waals surface area contributed by atoms with Crippen molar-refractivity contribution >= 4 is 23.9 Å². The number of hydrogen-bond donors (Lipinski definition) is 3. The van der Waals surface area contributed by atoms with Gasteiger partial charge in [0.05, 0.1) is 6.42 Å². The Bertz CT molecular complexity index is 1180. The fourth-order valence-electron chi connectivity index (χ4n) is 4.29. The van der Waals surface area contributed by atoms with E-state index in [1.165, 1.54) is 4.90 Å². The van der Waals surface area contributed by atoms with Gasteiger partial charge in [-0.3, -0.25) is 20.0 Å². The van der Waals surface area contributed by atoms with Gasteiger partial charge in [-0.15, -0.1) is 5.10 Å². The molecular weight excluding hydrogens is 438 g/mol. The van der Waals surface area contributed by atoms with E-state index in [4.69, 9.17) is 9.84 Å². The van der Waals surface area contributed by atoms with Gasteiger partial charge in [-0.25, -0.2) is 4.79 Å². The summed E-state index contributed by atoms with van der Waals surface area (Å²) in [5.41, 5.74) is 4.44. The molecule has 2 aromatic carbocycles. The molecule has 1 aromatic heterocycles. The number of fused-ring (bicyclic) bond motifs is 3. The van der Waals surface area contributed by atoms with E-state index < -0.39 is 24.0 Å². The number of anilines is 1. The summed E-state index contributed by atoms with van der Waals surface area (Å²) in [5, 5.41) is 17.8. The third kappa shape index (κ3) is 4.61. The molecule has 1 aliphatic carbocycles. The zero-order valence-corrected chi connectivity index (χ0v) is 18.8. The van der Waals surface area contributed by atoms with Crippen molar-refractivity contribution in [2.45, 2.75) is 32.2 Å². The molecule has 2 amide bonds. The van der Waals surface area contributed by atoms with Crippen molar-refractivity contribution in [3.05, 3.63) is 65.5 Å². The summed E-state index contributed by atoms with van der Waals surface area (Å²) in [4.78, 5) is 41.4. The van der Waals surface area contributed by atoms with Crippen molar-refractivity contribution in [3.8, 4) is 11.1 Å². The molecule has 0 fully saturated rings. The molecule has 1 atom stereocenters. The average molecular weight is 463 g/mol. The highest BCUT2D eigenvalue weighted by Crippen LogP contribution is 2.44. The molecule has 10 nitrogen and oxygen atoms in total. The van der Waals surface area contributed by atoms with E-state index in [0.717, 1.165) is 22.3 Å². The molecule has 0 saturated heterocycles. The van der Waals surface area contributed by atoms with Crippen LogP contribution in [0.2, 0.25) is 0 Å². The van der Waals surface area contributed by atoms with Crippen LogP contribution in [0.4, 0.5) is 10.7 Å². The zero-order chi connectivity index (χ0) is 24.2. The summed E-state index contributed by atoms with van der Waals surface area (Å²) in [7, 11) is 0. The van der Waals surface area contributed by atoms with Crippen LogP contribution in [-0.2, 0) is 9.53 Å². The first-order valence-electron chi connectivity index (χ1n) is 11.0. The van der Waals surface area contributed by atoms with Gasteiger partial charge in [-0.2, -0.15) is 4.98 Å². The highest BCUT2D eigenvalue weighted by atomic mass is 16.5. The van der Waals surface area contributed by atoms with Crippen LogP contribution in [0.3, 0.4) is 0 Å². The summed E-state index contributed by atoms with van der Waals surface area (Å²) in [6.45, 7) is 3.81. The van der Waals surface area contributed by atoms with E-state index in [2.05, 4.69) is 32.6 Å². The van der Waals surface area contributed by atoms with Gasteiger partial charge >= 0.3 is 12.1 Å². The number of nitrogens with one attached hydrogen (secondary N) is 2. The molecular formula is C24H25N5O5. The smallest absolute Gasteiger partial charge is 0.414 e. The van der Waals surface area contributed by atoms with Gasteiger partial charge in [0.25, 0.3) is 11.9 Å². The van der Waals surface area contributed by atoms with Gasteiger partial charge in [0.15, 0.2) is 0 Å². The molecule has 4 rings (SSSR count). The number of rotatable bonds is 8. The Morgan fingerprint density at radius 1 is 1.12 bits per heavy atom. The minimum Gasteiger partial charge on any atom is -0.481 e. The molecule has 0 spiro atoms. The second-order valence-corrected chi connectivity index (χ2v) is 8.00. The van der Waals surface area contributed by atoms with Crippen molar-refractivity contribution in [2.75, 3.05) is 18.5 Å². The van der Waals surface area contributed by atoms with Crippen LogP contribution >= 0.6 is 0 Å². The second-order valence-electron chi connectivity index (χ2n) is 8.00. The number of nitrogens with zero attached hydrogens (tertiary/aromatic N) is 3. The van der Waals surface area contributed by atoms with E-state index in [-0.39, 0.29) is 30.7 Å². The molecule has 0 saturated carbocycles. The number of aromatic amines is 1. The lowest BCUT2D eigenvalue weighted by atomic mass is 9.98. The lowest BCUT2D eigenvalue weighted by Gasteiger charge is -2.25. The molecule has 34 heavy (non-hydrogen) atoms. The maximum Gasteiger partial charge on any atom is 0.414 e. The maximum atomic E-state index is 12.7. The molecule has 3 N–H and O–H groups in total. The molecule has 176 valence electrons. The number of carbonyl (C=O) groups excluding carboxylic acids is 2. The summed E-state index contributed by atoms with van der Waals surface area (Å²) >= 11 is 0. The Balaban J connectivity index is 1.39. The molecule has 0 aliphatic heterocycles. The number of carbonyl (C=O) groups is 3. The van der Waals surface area contributed by atoms with E-state index in [1.807, 2.05) is 36.4 Å². The summed E-state index contributed by atoms with van der Waals surface area (Å²) in [6, 6.07) is 15.5. The molecule has 0 radical (unpaired) electrons. The highest BCUT2D eigenvalue weighted by molar-refractivity contribution is 5.92. The molecule has 1 unspecified atom stereocenters. The van der Waals surface area contributed by atoms with Crippen molar-refractivity contribution in [1.82, 2.24) is 20.1 Å². The first-order chi connectivity index (χ1) is 16.4. The van der Waals surface area contributed by atoms with Crippen molar-refractivity contribution < 1.29 is 24.2 Å². The molecule has 1 aliphatic rings. The van der Waals surface area contributed by atoms with Gasteiger partial charge in [-0.1, -0.05) is 48.5 Å². The lowest BCUT2D eigenvalue weighted by Crippen LogP contribution is -2.40. The molecule has 3 aromatic rings. The monoisotopic (exact) mass is 463 g/mol. The molecule has 0 bridgehead atoms. The Labute approximate surface area is 196 Å². The van der Waals surface area contributed by atoms with Crippen LogP contribution in [0, 0.1) is 0 Å². The predicted octanol–water partition coefficient (Wildman–Crippen LogP) is 3.49. The number of amides is 2. The van der Waals surface area contributed by atoms with Gasteiger partial charge < -0.3 is 14.7 Å². The number of hydrogen-bond acceptors (Lipinski definition) is 6. The average Bonchev–Trinajstić information content (AvgIpc) is 3.40. The number of H-pyrrole nitrogens is 1. The normalized spacial score (nSPS) is 13.0. The van der Waals surface area contributed by atoms with E-state index in [0.29, 0.717) is 6.54 Å². The van der Waals surface area contributed by atoms with Crippen LogP contribution < -0.4 is 5.32 Å². The predicted molar refractivity (Wildman–Crippen MR) is 123 cm³/mol. The van der Waals surface area contributed by atoms with Gasteiger partial charge in [0.2, 0.25) is 5.82 Å². The SMILES string of the molecule is CCN(C(=O)c1nc(NC(=O)OCC2c3ccccc3-c3ccccc32)n[nH]1)C(C)CC(=O)O. The topological polar surface area (TPSA) is 138 Å². The van der Waals surface area contributed by atoms with E-state index in [9.17, 15) is 14.4 Å². The third-order valence-corrected chi connectivity index (χ3v) is 5.85. The van der Waals surface area contributed by atoms with Crippen LogP contribution in [0.15, 0.2) is 48.5 Å².